The quantitative estimate of drug-likeness (QED) is 0.835. The van der Waals surface area contributed by atoms with E-state index in [1.807, 2.05) is 31.2 Å². The van der Waals surface area contributed by atoms with Crippen LogP contribution in [0, 0.1) is 12.7 Å². The lowest BCUT2D eigenvalue weighted by molar-refractivity contribution is 0.558. The summed E-state index contributed by atoms with van der Waals surface area (Å²) in [6.07, 6.45) is 0. The van der Waals surface area contributed by atoms with Gasteiger partial charge in [-0.25, -0.2) is 4.39 Å². The van der Waals surface area contributed by atoms with Crippen LogP contribution in [-0.2, 0) is 0 Å². The molecule has 1 atom stereocenters. The summed E-state index contributed by atoms with van der Waals surface area (Å²) >= 11 is 1.49. The van der Waals surface area contributed by atoms with Crippen molar-refractivity contribution in [1.82, 2.24) is 5.32 Å². The van der Waals surface area contributed by atoms with Gasteiger partial charge in [-0.1, -0.05) is 48.5 Å². The van der Waals surface area contributed by atoms with Crippen LogP contribution in [0.4, 0.5) is 4.39 Å². The molecule has 0 saturated heterocycles. The van der Waals surface area contributed by atoms with Crippen LogP contribution in [0.25, 0.3) is 0 Å². The summed E-state index contributed by atoms with van der Waals surface area (Å²) in [7, 11) is 0. The Morgan fingerprint density at radius 3 is 2.65 bits per heavy atom. The van der Waals surface area contributed by atoms with E-state index in [1.165, 1.54) is 23.4 Å². The largest absolute Gasteiger partial charge is 0.310 e. The van der Waals surface area contributed by atoms with E-state index in [0.29, 0.717) is 4.90 Å². The Labute approximate surface area is 124 Å². The second-order valence-electron chi connectivity index (χ2n) is 4.86. The van der Waals surface area contributed by atoms with E-state index in [2.05, 4.69) is 25.2 Å². The maximum absolute atomic E-state index is 14.2. The maximum atomic E-state index is 14.2. The molecular weight excluding hydrogens is 269 g/mol. The van der Waals surface area contributed by atoms with Gasteiger partial charge in [-0.2, -0.15) is 0 Å². The zero-order valence-electron chi connectivity index (χ0n) is 12.1. The molecule has 20 heavy (non-hydrogen) atoms. The van der Waals surface area contributed by atoms with E-state index in [4.69, 9.17) is 0 Å². The minimum Gasteiger partial charge on any atom is -0.310 e. The highest BCUT2D eigenvalue weighted by Gasteiger charge is 2.14. The van der Waals surface area contributed by atoms with Gasteiger partial charge in [-0.05, 0) is 44.2 Å². The first-order valence-corrected chi connectivity index (χ1v) is 7.69. The van der Waals surface area contributed by atoms with Gasteiger partial charge in [0.05, 0.1) is 4.90 Å². The Balaban J connectivity index is 2.35. The van der Waals surface area contributed by atoms with Crippen LogP contribution >= 0.6 is 11.8 Å². The van der Waals surface area contributed by atoms with Gasteiger partial charge < -0.3 is 5.32 Å². The summed E-state index contributed by atoms with van der Waals surface area (Å²) in [4.78, 5) is 1.78. The topological polar surface area (TPSA) is 12.0 Å². The van der Waals surface area contributed by atoms with Gasteiger partial charge in [0.15, 0.2) is 0 Å². The fourth-order valence-corrected chi connectivity index (χ4v) is 3.34. The molecule has 0 aliphatic carbocycles. The molecule has 0 aliphatic heterocycles. The van der Waals surface area contributed by atoms with Crippen LogP contribution in [0.1, 0.15) is 31.0 Å². The van der Waals surface area contributed by atoms with Crippen molar-refractivity contribution in [2.24, 2.45) is 0 Å². The molecule has 2 rings (SSSR count). The van der Waals surface area contributed by atoms with Gasteiger partial charge in [0.2, 0.25) is 0 Å². The minimum atomic E-state index is -0.154. The summed E-state index contributed by atoms with van der Waals surface area (Å²) in [6, 6.07) is 13.6. The van der Waals surface area contributed by atoms with Gasteiger partial charge in [0, 0.05) is 10.9 Å². The molecule has 0 fully saturated rings. The summed E-state index contributed by atoms with van der Waals surface area (Å²) in [5.41, 5.74) is 2.20. The average molecular weight is 289 g/mol. The molecule has 3 heteroatoms. The Bertz CT molecular complexity index is 583. The van der Waals surface area contributed by atoms with E-state index in [0.717, 1.165) is 17.0 Å². The van der Waals surface area contributed by atoms with Gasteiger partial charge in [-0.15, -0.1) is 0 Å². The lowest BCUT2D eigenvalue weighted by Gasteiger charge is -2.17. The van der Waals surface area contributed by atoms with Crippen molar-refractivity contribution in [2.75, 3.05) is 6.54 Å². The molecule has 1 unspecified atom stereocenters. The average Bonchev–Trinajstić information content (AvgIpc) is 2.41. The standard InChI is InChI=1S/C17H20FNS/c1-4-19-13(3)15-9-6-10-16(18)17(15)20-14-8-5-7-12(2)11-14/h5-11,13,19H,4H2,1-3H3. The van der Waals surface area contributed by atoms with Crippen molar-refractivity contribution in [3.8, 4) is 0 Å². The number of halogens is 1. The number of nitrogens with one attached hydrogen (secondary N) is 1. The van der Waals surface area contributed by atoms with Crippen molar-refractivity contribution < 1.29 is 4.39 Å². The van der Waals surface area contributed by atoms with E-state index in [1.54, 1.807) is 6.07 Å². The Hall–Kier alpha value is -1.32. The molecule has 0 heterocycles. The Morgan fingerprint density at radius 1 is 1.20 bits per heavy atom. The molecule has 0 spiro atoms. The molecule has 0 radical (unpaired) electrons. The number of hydrogen-bond donors (Lipinski definition) is 1. The van der Waals surface area contributed by atoms with Crippen molar-refractivity contribution >= 4 is 11.8 Å². The first-order chi connectivity index (χ1) is 9.61. The Kier molecular flexibility index (Phi) is 5.21. The molecule has 0 aromatic heterocycles. The molecular formula is C17H20FNS. The molecule has 1 N–H and O–H groups in total. The lowest BCUT2D eigenvalue weighted by atomic mass is 10.1. The van der Waals surface area contributed by atoms with E-state index in [9.17, 15) is 4.39 Å². The third-order valence-corrected chi connectivity index (χ3v) is 4.31. The van der Waals surface area contributed by atoms with E-state index < -0.39 is 0 Å². The van der Waals surface area contributed by atoms with E-state index in [-0.39, 0.29) is 11.9 Å². The van der Waals surface area contributed by atoms with Gasteiger partial charge in [0.1, 0.15) is 5.82 Å². The molecule has 0 saturated carbocycles. The second kappa shape index (κ2) is 6.91. The fourth-order valence-electron chi connectivity index (χ4n) is 2.19. The van der Waals surface area contributed by atoms with Crippen molar-refractivity contribution in [3.05, 3.63) is 59.4 Å². The third kappa shape index (κ3) is 3.62. The molecule has 0 aliphatic rings. The first-order valence-electron chi connectivity index (χ1n) is 6.88. The van der Waals surface area contributed by atoms with Crippen LogP contribution in [0.15, 0.2) is 52.3 Å². The van der Waals surface area contributed by atoms with Crippen molar-refractivity contribution in [2.45, 2.75) is 36.6 Å². The van der Waals surface area contributed by atoms with Crippen LogP contribution in [-0.4, -0.2) is 6.54 Å². The molecule has 0 amide bonds. The molecule has 0 bridgehead atoms. The van der Waals surface area contributed by atoms with Crippen LogP contribution < -0.4 is 5.32 Å². The van der Waals surface area contributed by atoms with Gasteiger partial charge >= 0.3 is 0 Å². The zero-order chi connectivity index (χ0) is 14.5. The molecule has 106 valence electrons. The number of rotatable bonds is 5. The highest BCUT2D eigenvalue weighted by molar-refractivity contribution is 7.99. The van der Waals surface area contributed by atoms with Gasteiger partial charge in [0.25, 0.3) is 0 Å². The smallest absolute Gasteiger partial charge is 0.137 e. The lowest BCUT2D eigenvalue weighted by Crippen LogP contribution is -2.18. The summed E-state index contributed by atoms with van der Waals surface area (Å²) < 4.78 is 14.2. The van der Waals surface area contributed by atoms with Crippen LogP contribution in [0.2, 0.25) is 0 Å². The molecule has 2 aromatic rings. The predicted molar refractivity (Wildman–Crippen MR) is 83.8 cm³/mol. The third-order valence-electron chi connectivity index (χ3n) is 3.18. The monoisotopic (exact) mass is 289 g/mol. The van der Waals surface area contributed by atoms with Crippen LogP contribution in [0.3, 0.4) is 0 Å². The maximum Gasteiger partial charge on any atom is 0.137 e. The number of benzene rings is 2. The number of hydrogen-bond acceptors (Lipinski definition) is 2. The second-order valence-corrected chi connectivity index (χ2v) is 5.94. The van der Waals surface area contributed by atoms with Gasteiger partial charge in [-0.3, -0.25) is 0 Å². The predicted octanol–water partition coefficient (Wildman–Crippen LogP) is 4.96. The van der Waals surface area contributed by atoms with Crippen molar-refractivity contribution in [3.63, 3.8) is 0 Å². The fraction of sp³-hybridized carbons (Fsp3) is 0.294. The molecule has 1 nitrogen and oxygen atoms in total. The molecule has 2 aromatic carbocycles. The summed E-state index contributed by atoms with van der Waals surface area (Å²) in [6.45, 7) is 7.04. The SMILES string of the molecule is CCNC(C)c1cccc(F)c1Sc1cccc(C)c1. The Morgan fingerprint density at radius 2 is 1.95 bits per heavy atom. The zero-order valence-corrected chi connectivity index (χ0v) is 12.9. The summed E-state index contributed by atoms with van der Waals surface area (Å²) in [5, 5.41) is 3.35. The normalized spacial score (nSPS) is 12.4. The van der Waals surface area contributed by atoms with Crippen molar-refractivity contribution in [1.29, 1.82) is 0 Å². The minimum absolute atomic E-state index is 0.142. The highest BCUT2D eigenvalue weighted by Crippen LogP contribution is 2.35. The first kappa shape index (κ1) is 15.1. The highest BCUT2D eigenvalue weighted by atomic mass is 32.2. The number of aryl methyl sites for hydroxylation is 1. The van der Waals surface area contributed by atoms with E-state index >= 15 is 0 Å². The summed E-state index contributed by atoms with van der Waals surface area (Å²) in [5.74, 6) is -0.154. The van der Waals surface area contributed by atoms with Crippen LogP contribution in [0.5, 0.6) is 0 Å².